The molecule has 0 spiro atoms. The number of carboxylic acid groups (broad SMARTS) is 1. The first-order valence-corrected chi connectivity index (χ1v) is 9.12. The molecule has 1 amide bonds. The van der Waals surface area contributed by atoms with Gasteiger partial charge >= 0.3 is 5.97 Å². The van der Waals surface area contributed by atoms with Gasteiger partial charge in [0.25, 0.3) is 0 Å². The van der Waals surface area contributed by atoms with Gasteiger partial charge < -0.3 is 15.0 Å². The number of nitrogens with one attached hydrogen (secondary N) is 1. The number of benzene rings is 2. The molecule has 0 radical (unpaired) electrons. The summed E-state index contributed by atoms with van der Waals surface area (Å²) in [5.74, 6) is -1.88. The van der Waals surface area contributed by atoms with E-state index in [0.717, 1.165) is 16.6 Å². The van der Waals surface area contributed by atoms with Gasteiger partial charge in [-0.15, -0.1) is 0 Å². The van der Waals surface area contributed by atoms with Crippen molar-refractivity contribution in [1.29, 1.82) is 0 Å². The standard InChI is InChI=1S/C21H20FN3O3/c1-11-9-12(19-23-17-10-13(22)4-8-18(17)25(19)2)3-7-16(11)24-20(26)14-5-6-15(14)21(27)28/h3-4,7-10,14-15H,5-6H2,1-2H3,(H,24,26)(H,27,28). The molecule has 4 rings (SSSR count). The molecule has 1 heterocycles. The number of imidazole rings is 1. The van der Waals surface area contributed by atoms with Crippen molar-refractivity contribution >= 4 is 28.6 Å². The molecule has 2 aromatic carbocycles. The Labute approximate surface area is 161 Å². The van der Waals surface area contributed by atoms with Crippen LogP contribution in [0.15, 0.2) is 36.4 Å². The van der Waals surface area contributed by atoms with Gasteiger partial charge in [0, 0.05) is 24.4 Å². The van der Waals surface area contributed by atoms with Crippen molar-refractivity contribution in [3.8, 4) is 11.4 Å². The Kier molecular flexibility index (Phi) is 4.37. The number of hydrogen-bond acceptors (Lipinski definition) is 3. The molecule has 28 heavy (non-hydrogen) atoms. The third-order valence-corrected chi connectivity index (χ3v) is 5.51. The van der Waals surface area contributed by atoms with Gasteiger partial charge in [-0.25, -0.2) is 9.37 Å². The summed E-state index contributed by atoms with van der Waals surface area (Å²) in [7, 11) is 1.87. The van der Waals surface area contributed by atoms with Crippen LogP contribution in [0.3, 0.4) is 0 Å². The van der Waals surface area contributed by atoms with Gasteiger partial charge in [0.05, 0.1) is 22.9 Å². The Morgan fingerprint density at radius 2 is 1.93 bits per heavy atom. The van der Waals surface area contributed by atoms with Crippen LogP contribution in [0.1, 0.15) is 18.4 Å². The van der Waals surface area contributed by atoms with E-state index >= 15 is 0 Å². The summed E-state index contributed by atoms with van der Waals surface area (Å²) in [6, 6.07) is 10.0. The van der Waals surface area contributed by atoms with E-state index in [4.69, 9.17) is 5.11 Å². The molecule has 7 heteroatoms. The predicted molar refractivity (Wildman–Crippen MR) is 103 cm³/mol. The number of aliphatic carboxylic acids is 1. The van der Waals surface area contributed by atoms with Crippen LogP contribution in [0.4, 0.5) is 10.1 Å². The summed E-state index contributed by atoms with van der Waals surface area (Å²) in [6.07, 6.45) is 1.13. The molecule has 1 aliphatic carbocycles. The molecule has 1 aromatic heterocycles. The maximum Gasteiger partial charge on any atom is 0.307 e. The largest absolute Gasteiger partial charge is 0.481 e. The van der Waals surface area contributed by atoms with Crippen molar-refractivity contribution in [2.24, 2.45) is 18.9 Å². The summed E-state index contributed by atoms with van der Waals surface area (Å²) < 4.78 is 15.4. The van der Waals surface area contributed by atoms with Crippen molar-refractivity contribution in [2.75, 3.05) is 5.32 Å². The average molecular weight is 381 g/mol. The summed E-state index contributed by atoms with van der Waals surface area (Å²) in [5, 5.41) is 12.0. The number of nitrogens with zero attached hydrogens (tertiary/aromatic N) is 2. The fraction of sp³-hybridized carbons (Fsp3) is 0.286. The summed E-state index contributed by atoms with van der Waals surface area (Å²) in [6.45, 7) is 1.87. The fourth-order valence-corrected chi connectivity index (χ4v) is 3.71. The number of anilines is 1. The molecule has 2 atom stereocenters. The zero-order chi connectivity index (χ0) is 20.0. The number of carbonyl (C=O) groups excluding carboxylic acids is 1. The molecule has 1 aliphatic rings. The van der Waals surface area contributed by atoms with E-state index in [1.807, 2.05) is 30.7 Å². The minimum absolute atomic E-state index is 0.257. The van der Waals surface area contributed by atoms with Crippen LogP contribution in [0.5, 0.6) is 0 Å². The maximum absolute atomic E-state index is 13.5. The Balaban J connectivity index is 1.59. The molecule has 0 saturated heterocycles. The summed E-state index contributed by atoms with van der Waals surface area (Å²) in [4.78, 5) is 28.1. The molecule has 0 aliphatic heterocycles. The molecule has 3 aromatic rings. The third-order valence-electron chi connectivity index (χ3n) is 5.51. The number of hydrogen-bond donors (Lipinski definition) is 2. The van der Waals surface area contributed by atoms with Crippen molar-refractivity contribution in [3.05, 3.63) is 47.8 Å². The molecule has 2 unspecified atom stereocenters. The molecular formula is C21H20FN3O3. The first-order valence-electron chi connectivity index (χ1n) is 9.12. The SMILES string of the molecule is Cc1cc(-c2nc3cc(F)ccc3n2C)ccc1NC(=O)C1CCC1C(=O)O. The van der Waals surface area contributed by atoms with Gasteiger partial charge in [-0.3, -0.25) is 9.59 Å². The highest BCUT2D eigenvalue weighted by atomic mass is 19.1. The lowest BCUT2D eigenvalue weighted by atomic mass is 9.73. The quantitative estimate of drug-likeness (QED) is 0.721. The van der Waals surface area contributed by atoms with Crippen LogP contribution in [-0.2, 0) is 16.6 Å². The van der Waals surface area contributed by atoms with Gasteiger partial charge in [-0.05, 0) is 55.7 Å². The van der Waals surface area contributed by atoms with Gasteiger partial charge in [-0.1, -0.05) is 0 Å². The van der Waals surface area contributed by atoms with Crippen molar-refractivity contribution < 1.29 is 19.1 Å². The van der Waals surface area contributed by atoms with E-state index in [9.17, 15) is 14.0 Å². The van der Waals surface area contributed by atoms with E-state index in [1.165, 1.54) is 12.1 Å². The molecule has 144 valence electrons. The van der Waals surface area contributed by atoms with Gasteiger partial charge in [0.1, 0.15) is 11.6 Å². The van der Waals surface area contributed by atoms with Crippen LogP contribution in [0.2, 0.25) is 0 Å². The summed E-state index contributed by atoms with van der Waals surface area (Å²) >= 11 is 0. The summed E-state index contributed by atoms with van der Waals surface area (Å²) in [5.41, 5.74) is 3.75. The molecule has 2 N–H and O–H groups in total. The number of aromatic nitrogens is 2. The molecular weight excluding hydrogens is 361 g/mol. The van der Waals surface area contributed by atoms with E-state index in [2.05, 4.69) is 10.3 Å². The first-order chi connectivity index (χ1) is 13.3. The zero-order valence-electron chi connectivity index (χ0n) is 15.6. The van der Waals surface area contributed by atoms with E-state index in [1.54, 1.807) is 12.1 Å². The minimum atomic E-state index is -0.920. The number of halogens is 1. The van der Waals surface area contributed by atoms with Crippen molar-refractivity contribution in [2.45, 2.75) is 19.8 Å². The average Bonchev–Trinajstić information content (AvgIpc) is 2.91. The number of aryl methyl sites for hydroxylation is 2. The lowest BCUT2D eigenvalue weighted by molar-refractivity contribution is -0.151. The molecule has 1 saturated carbocycles. The van der Waals surface area contributed by atoms with Crippen LogP contribution < -0.4 is 5.32 Å². The van der Waals surface area contributed by atoms with Gasteiger partial charge in [0.2, 0.25) is 5.91 Å². The predicted octanol–water partition coefficient (Wildman–Crippen LogP) is 3.74. The Morgan fingerprint density at radius 3 is 2.57 bits per heavy atom. The second-order valence-corrected chi connectivity index (χ2v) is 7.27. The van der Waals surface area contributed by atoms with Crippen LogP contribution >= 0.6 is 0 Å². The Bertz CT molecular complexity index is 1110. The van der Waals surface area contributed by atoms with Crippen molar-refractivity contribution in [3.63, 3.8) is 0 Å². The van der Waals surface area contributed by atoms with E-state index in [-0.39, 0.29) is 11.7 Å². The number of amides is 1. The molecule has 6 nitrogen and oxygen atoms in total. The lowest BCUT2D eigenvalue weighted by Crippen LogP contribution is -2.41. The second-order valence-electron chi connectivity index (χ2n) is 7.27. The number of rotatable bonds is 4. The van der Waals surface area contributed by atoms with E-state index < -0.39 is 17.8 Å². The highest BCUT2D eigenvalue weighted by Gasteiger charge is 2.41. The van der Waals surface area contributed by atoms with E-state index in [0.29, 0.717) is 29.9 Å². The maximum atomic E-state index is 13.5. The number of carboxylic acids is 1. The fourth-order valence-electron chi connectivity index (χ4n) is 3.71. The van der Waals surface area contributed by atoms with Crippen LogP contribution in [-0.4, -0.2) is 26.5 Å². The second kappa shape index (κ2) is 6.74. The topological polar surface area (TPSA) is 84.2 Å². The number of carbonyl (C=O) groups is 2. The normalized spacial score (nSPS) is 18.7. The third kappa shape index (κ3) is 3.02. The zero-order valence-corrected chi connectivity index (χ0v) is 15.6. The van der Waals surface area contributed by atoms with Gasteiger partial charge in [0.15, 0.2) is 0 Å². The Morgan fingerprint density at radius 1 is 1.18 bits per heavy atom. The molecule has 1 fully saturated rings. The monoisotopic (exact) mass is 381 g/mol. The Hall–Kier alpha value is -3.22. The smallest absolute Gasteiger partial charge is 0.307 e. The van der Waals surface area contributed by atoms with Crippen LogP contribution in [0, 0.1) is 24.6 Å². The van der Waals surface area contributed by atoms with Gasteiger partial charge in [-0.2, -0.15) is 0 Å². The lowest BCUT2D eigenvalue weighted by Gasteiger charge is -2.32. The highest BCUT2D eigenvalue weighted by molar-refractivity contribution is 5.97. The van der Waals surface area contributed by atoms with Crippen LogP contribution in [0.25, 0.3) is 22.4 Å². The van der Waals surface area contributed by atoms with Crippen molar-refractivity contribution in [1.82, 2.24) is 9.55 Å². The number of fused-ring (bicyclic) bond motifs is 1. The minimum Gasteiger partial charge on any atom is -0.481 e. The highest BCUT2D eigenvalue weighted by Crippen LogP contribution is 2.36. The molecule has 0 bridgehead atoms. The first kappa shape index (κ1) is 18.2.